The highest BCUT2D eigenvalue weighted by atomic mass is 127. The lowest BCUT2D eigenvalue weighted by Crippen LogP contribution is -2.55. The SMILES string of the molecule is CN=C(NCC1(CS(C)(=O)=O)CC1)N1CCN(Cc2ccc(Cl)cc2)C(=O)C1.I. The zero-order valence-corrected chi connectivity index (χ0v) is 20.6. The van der Waals surface area contributed by atoms with Crippen LogP contribution in [0.15, 0.2) is 29.3 Å². The summed E-state index contributed by atoms with van der Waals surface area (Å²) in [6.45, 7) is 2.67. The van der Waals surface area contributed by atoms with Crippen molar-refractivity contribution in [3.05, 3.63) is 34.9 Å². The fraction of sp³-hybridized carbons (Fsp3) is 0.579. The first kappa shape index (κ1) is 24.2. The Labute approximate surface area is 194 Å². The Morgan fingerprint density at radius 2 is 1.90 bits per heavy atom. The van der Waals surface area contributed by atoms with Gasteiger partial charge in [0.15, 0.2) is 5.96 Å². The molecule has 1 aliphatic carbocycles. The van der Waals surface area contributed by atoms with E-state index in [9.17, 15) is 13.2 Å². The predicted octanol–water partition coefficient (Wildman–Crippen LogP) is 2.00. The van der Waals surface area contributed by atoms with E-state index in [0.717, 1.165) is 18.4 Å². The molecule has 0 aromatic heterocycles. The highest BCUT2D eigenvalue weighted by Crippen LogP contribution is 2.46. The average Bonchev–Trinajstić information content (AvgIpc) is 3.37. The Bertz CT molecular complexity index is 857. The van der Waals surface area contributed by atoms with E-state index in [1.807, 2.05) is 34.1 Å². The molecular weight excluding hydrogens is 527 g/mol. The molecule has 0 atom stereocenters. The maximum absolute atomic E-state index is 12.6. The summed E-state index contributed by atoms with van der Waals surface area (Å²) in [4.78, 5) is 20.6. The fourth-order valence-electron chi connectivity index (χ4n) is 3.57. The molecule has 1 saturated heterocycles. The number of piperazine rings is 1. The van der Waals surface area contributed by atoms with Gasteiger partial charge in [-0.2, -0.15) is 0 Å². The lowest BCUT2D eigenvalue weighted by molar-refractivity contribution is -0.135. The molecule has 3 rings (SSSR count). The molecule has 0 radical (unpaired) electrons. The second kappa shape index (κ2) is 9.82. The summed E-state index contributed by atoms with van der Waals surface area (Å²) in [6, 6.07) is 7.51. The fourth-order valence-corrected chi connectivity index (χ4v) is 5.20. The van der Waals surface area contributed by atoms with E-state index in [4.69, 9.17) is 11.6 Å². The van der Waals surface area contributed by atoms with Gasteiger partial charge in [0.1, 0.15) is 9.84 Å². The number of benzene rings is 1. The number of hydrogen-bond donors (Lipinski definition) is 1. The topological polar surface area (TPSA) is 82.1 Å². The van der Waals surface area contributed by atoms with Crippen LogP contribution in [-0.4, -0.2) is 75.3 Å². The van der Waals surface area contributed by atoms with Crippen LogP contribution in [0.5, 0.6) is 0 Å². The number of guanidine groups is 1. The van der Waals surface area contributed by atoms with Gasteiger partial charge in [-0.1, -0.05) is 23.7 Å². The smallest absolute Gasteiger partial charge is 0.242 e. The molecule has 1 amide bonds. The summed E-state index contributed by atoms with van der Waals surface area (Å²) in [5, 5.41) is 3.96. The molecule has 2 aliphatic rings. The summed E-state index contributed by atoms with van der Waals surface area (Å²) in [5.41, 5.74) is 0.856. The maximum atomic E-state index is 12.6. The number of halogens is 2. The van der Waals surface area contributed by atoms with Crippen LogP contribution in [0.3, 0.4) is 0 Å². The van der Waals surface area contributed by atoms with Gasteiger partial charge in [-0.25, -0.2) is 8.42 Å². The van der Waals surface area contributed by atoms with E-state index in [1.165, 1.54) is 6.26 Å². The Hall–Kier alpha value is -1.07. The molecule has 1 heterocycles. The molecule has 2 fully saturated rings. The Morgan fingerprint density at radius 1 is 1.24 bits per heavy atom. The van der Waals surface area contributed by atoms with Gasteiger partial charge in [-0.05, 0) is 30.5 Å². The van der Waals surface area contributed by atoms with Crippen molar-refractivity contribution in [1.82, 2.24) is 15.1 Å². The summed E-state index contributed by atoms with van der Waals surface area (Å²) in [7, 11) is -1.33. The third-order valence-corrected chi connectivity index (χ3v) is 6.65. The zero-order valence-electron chi connectivity index (χ0n) is 16.7. The van der Waals surface area contributed by atoms with Crippen molar-refractivity contribution >= 4 is 57.3 Å². The Kier molecular flexibility index (Phi) is 8.20. The van der Waals surface area contributed by atoms with Crippen LogP contribution in [0.25, 0.3) is 0 Å². The van der Waals surface area contributed by atoms with Gasteiger partial charge in [-0.3, -0.25) is 9.79 Å². The Balaban J connectivity index is 0.00000300. The van der Waals surface area contributed by atoms with Crippen molar-refractivity contribution in [2.75, 3.05) is 45.2 Å². The molecule has 162 valence electrons. The van der Waals surface area contributed by atoms with Gasteiger partial charge in [-0.15, -0.1) is 24.0 Å². The molecule has 10 heteroatoms. The summed E-state index contributed by atoms with van der Waals surface area (Å²) >= 11 is 5.91. The van der Waals surface area contributed by atoms with Gasteiger partial charge >= 0.3 is 0 Å². The molecule has 1 aliphatic heterocycles. The number of rotatable bonds is 6. The first-order valence-electron chi connectivity index (χ1n) is 9.35. The third-order valence-electron chi connectivity index (χ3n) is 5.26. The van der Waals surface area contributed by atoms with Crippen molar-refractivity contribution in [2.24, 2.45) is 10.4 Å². The Morgan fingerprint density at radius 3 is 2.41 bits per heavy atom. The normalized spacial score (nSPS) is 19.0. The molecule has 1 saturated carbocycles. The molecule has 0 unspecified atom stereocenters. The zero-order chi connectivity index (χ0) is 20.4. The van der Waals surface area contributed by atoms with Crippen molar-refractivity contribution in [3.8, 4) is 0 Å². The quantitative estimate of drug-likeness (QED) is 0.331. The van der Waals surface area contributed by atoms with Crippen molar-refractivity contribution < 1.29 is 13.2 Å². The number of nitrogens with zero attached hydrogens (tertiary/aromatic N) is 3. The molecule has 1 aromatic rings. The lowest BCUT2D eigenvalue weighted by atomic mass is 10.1. The monoisotopic (exact) mass is 554 g/mol. The second-order valence-corrected chi connectivity index (χ2v) is 10.4. The third kappa shape index (κ3) is 6.99. The van der Waals surface area contributed by atoms with Gasteiger partial charge in [0, 0.05) is 49.9 Å². The van der Waals surface area contributed by atoms with E-state index >= 15 is 0 Å². The number of aliphatic imine (C=N–C) groups is 1. The van der Waals surface area contributed by atoms with Gasteiger partial charge in [0.25, 0.3) is 0 Å². The maximum Gasteiger partial charge on any atom is 0.242 e. The van der Waals surface area contributed by atoms with Crippen molar-refractivity contribution in [1.29, 1.82) is 0 Å². The van der Waals surface area contributed by atoms with Crippen LogP contribution in [0.2, 0.25) is 5.02 Å². The van der Waals surface area contributed by atoms with Crippen molar-refractivity contribution in [2.45, 2.75) is 19.4 Å². The van der Waals surface area contributed by atoms with Gasteiger partial charge < -0.3 is 15.1 Å². The molecule has 0 spiro atoms. The van der Waals surface area contributed by atoms with Crippen LogP contribution in [-0.2, 0) is 21.2 Å². The highest BCUT2D eigenvalue weighted by Gasteiger charge is 2.45. The van der Waals surface area contributed by atoms with E-state index in [1.54, 1.807) is 7.05 Å². The first-order chi connectivity index (χ1) is 13.2. The minimum atomic E-state index is -3.01. The number of carbonyl (C=O) groups is 1. The standard InChI is InChI=1S/C19H27ClN4O3S.HI/c1-21-18(22-13-19(7-8-19)14-28(2,26)27)24-10-9-23(17(25)12-24)11-15-3-5-16(20)6-4-15;/h3-6H,7-14H2,1-2H3,(H,21,22);1H. The van der Waals surface area contributed by atoms with Crippen LogP contribution in [0.4, 0.5) is 0 Å². The van der Waals surface area contributed by atoms with Gasteiger partial charge in [0.05, 0.1) is 12.3 Å². The number of nitrogens with one attached hydrogen (secondary N) is 1. The average molecular weight is 555 g/mol. The van der Waals surface area contributed by atoms with Crippen LogP contribution in [0, 0.1) is 5.41 Å². The number of amides is 1. The molecular formula is C19H28ClIN4O3S. The largest absolute Gasteiger partial charge is 0.356 e. The summed E-state index contributed by atoms with van der Waals surface area (Å²) in [6.07, 6.45) is 3.08. The van der Waals surface area contributed by atoms with E-state index < -0.39 is 9.84 Å². The molecule has 0 bridgehead atoms. The molecule has 29 heavy (non-hydrogen) atoms. The van der Waals surface area contributed by atoms with Crippen molar-refractivity contribution in [3.63, 3.8) is 0 Å². The number of hydrogen-bond acceptors (Lipinski definition) is 4. The highest BCUT2D eigenvalue weighted by molar-refractivity contribution is 14.0. The minimum absolute atomic E-state index is 0. The van der Waals surface area contributed by atoms with E-state index in [0.29, 0.717) is 37.2 Å². The second-order valence-electron chi connectivity index (χ2n) is 7.83. The summed E-state index contributed by atoms with van der Waals surface area (Å²) in [5.74, 6) is 0.887. The van der Waals surface area contributed by atoms with Crippen LogP contribution >= 0.6 is 35.6 Å². The predicted molar refractivity (Wildman–Crippen MR) is 127 cm³/mol. The number of carbonyl (C=O) groups excluding carboxylic acids is 1. The lowest BCUT2D eigenvalue weighted by Gasteiger charge is -2.36. The first-order valence-corrected chi connectivity index (χ1v) is 11.8. The minimum Gasteiger partial charge on any atom is -0.356 e. The van der Waals surface area contributed by atoms with Crippen LogP contribution < -0.4 is 5.32 Å². The van der Waals surface area contributed by atoms with E-state index in [2.05, 4.69) is 10.3 Å². The summed E-state index contributed by atoms with van der Waals surface area (Å²) < 4.78 is 23.2. The van der Waals surface area contributed by atoms with E-state index in [-0.39, 0.29) is 47.6 Å². The molecule has 1 aromatic carbocycles. The molecule has 7 nitrogen and oxygen atoms in total. The number of sulfone groups is 1. The van der Waals surface area contributed by atoms with Crippen LogP contribution in [0.1, 0.15) is 18.4 Å². The molecule has 1 N–H and O–H groups in total. The van der Waals surface area contributed by atoms with Gasteiger partial charge in [0.2, 0.25) is 5.91 Å².